The molecule has 0 amide bonds. The van der Waals surface area contributed by atoms with Gasteiger partial charge in [-0.25, -0.2) is 9.78 Å². The molecular formula is C10H10ClNO2. The lowest BCUT2D eigenvalue weighted by Crippen LogP contribution is -1.98. The number of carbonyl (C=O) groups is 1. The number of hydrogen-bond acceptors (Lipinski definition) is 3. The van der Waals surface area contributed by atoms with E-state index in [2.05, 4.69) is 4.98 Å². The average molecular weight is 212 g/mol. The van der Waals surface area contributed by atoms with E-state index >= 15 is 0 Å². The third-order valence-corrected chi connectivity index (χ3v) is 1.66. The predicted molar refractivity (Wildman–Crippen MR) is 54.9 cm³/mol. The Balaban J connectivity index is 2.64. The maximum absolute atomic E-state index is 10.9. The number of nitrogens with zero attached hydrogens (tertiary/aromatic N) is 1. The predicted octanol–water partition coefficient (Wildman–Crippen LogP) is 2.31. The molecule has 0 N–H and O–H groups in total. The molecular weight excluding hydrogens is 202 g/mol. The molecule has 0 aliphatic rings. The van der Waals surface area contributed by atoms with Gasteiger partial charge in [0, 0.05) is 12.3 Å². The van der Waals surface area contributed by atoms with Gasteiger partial charge < -0.3 is 4.74 Å². The Bertz CT molecular complexity index is 350. The third kappa shape index (κ3) is 3.58. The molecule has 0 atom stereocenters. The van der Waals surface area contributed by atoms with Crippen molar-refractivity contribution in [3.05, 3.63) is 35.1 Å². The normalized spacial score (nSPS) is 10.4. The molecule has 74 valence electrons. The molecule has 1 aromatic heterocycles. The van der Waals surface area contributed by atoms with E-state index in [4.69, 9.17) is 16.3 Å². The van der Waals surface area contributed by atoms with Crippen LogP contribution < -0.4 is 0 Å². The minimum Gasteiger partial charge on any atom is -0.463 e. The van der Waals surface area contributed by atoms with E-state index in [-0.39, 0.29) is 5.97 Å². The van der Waals surface area contributed by atoms with Crippen molar-refractivity contribution in [1.82, 2.24) is 4.98 Å². The monoisotopic (exact) mass is 211 g/mol. The van der Waals surface area contributed by atoms with Crippen molar-refractivity contribution in [2.24, 2.45) is 0 Å². The second kappa shape index (κ2) is 5.40. The van der Waals surface area contributed by atoms with E-state index in [9.17, 15) is 4.79 Å². The molecule has 3 nitrogen and oxygen atoms in total. The van der Waals surface area contributed by atoms with Crippen molar-refractivity contribution in [1.29, 1.82) is 0 Å². The quantitative estimate of drug-likeness (QED) is 0.438. The van der Waals surface area contributed by atoms with Crippen molar-refractivity contribution in [3.8, 4) is 0 Å². The first kappa shape index (κ1) is 10.7. The van der Waals surface area contributed by atoms with Crippen LogP contribution in [0.2, 0.25) is 5.15 Å². The third-order valence-electron chi connectivity index (χ3n) is 1.45. The molecule has 1 aromatic rings. The minimum absolute atomic E-state index is 0.361. The molecule has 1 rings (SSSR count). The standard InChI is InChI=1S/C10H10ClNO2/c1-2-14-10(13)4-3-8-5-6-12-9(11)7-8/h3-7H,2H2,1H3/b4-3-. The van der Waals surface area contributed by atoms with Gasteiger partial charge in [0.05, 0.1) is 6.61 Å². The molecule has 0 saturated heterocycles. The number of carbonyl (C=O) groups excluding carboxylic acids is 1. The van der Waals surface area contributed by atoms with E-state index in [0.29, 0.717) is 11.8 Å². The summed E-state index contributed by atoms with van der Waals surface area (Å²) in [6, 6.07) is 3.42. The fourth-order valence-corrected chi connectivity index (χ4v) is 1.06. The zero-order valence-electron chi connectivity index (χ0n) is 7.74. The van der Waals surface area contributed by atoms with Crippen LogP contribution in [0.15, 0.2) is 24.4 Å². The summed E-state index contributed by atoms with van der Waals surface area (Å²) in [4.78, 5) is 14.8. The summed E-state index contributed by atoms with van der Waals surface area (Å²) in [7, 11) is 0. The highest BCUT2D eigenvalue weighted by atomic mass is 35.5. The molecule has 0 spiro atoms. The van der Waals surface area contributed by atoms with Gasteiger partial charge in [-0.1, -0.05) is 11.6 Å². The van der Waals surface area contributed by atoms with E-state index in [1.807, 2.05) is 0 Å². The Labute approximate surface area is 87.4 Å². The molecule has 0 aromatic carbocycles. The Kier molecular flexibility index (Phi) is 4.13. The number of hydrogen-bond donors (Lipinski definition) is 0. The van der Waals surface area contributed by atoms with Crippen LogP contribution in [-0.4, -0.2) is 17.6 Å². The fourth-order valence-electron chi connectivity index (χ4n) is 0.876. The molecule has 1 heterocycles. The van der Waals surface area contributed by atoms with Crippen molar-refractivity contribution >= 4 is 23.6 Å². The Morgan fingerprint density at radius 3 is 3.14 bits per heavy atom. The van der Waals surface area contributed by atoms with Crippen LogP contribution in [0, 0.1) is 0 Å². The second-order valence-corrected chi connectivity index (χ2v) is 2.88. The molecule has 0 unspecified atom stereocenters. The molecule has 14 heavy (non-hydrogen) atoms. The van der Waals surface area contributed by atoms with Gasteiger partial charge in [0.1, 0.15) is 5.15 Å². The summed E-state index contributed by atoms with van der Waals surface area (Å²) < 4.78 is 4.72. The lowest BCUT2D eigenvalue weighted by Gasteiger charge is -1.95. The van der Waals surface area contributed by atoms with Crippen LogP contribution in [-0.2, 0) is 9.53 Å². The van der Waals surface area contributed by atoms with Crippen molar-refractivity contribution in [3.63, 3.8) is 0 Å². The first-order chi connectivity index (χ1) is 6.72. The number of ether oxygens (including phenoxy) is 1. The highest BCUT2D eigenvalue weighted by Crippen LogP contribution is 2.08. The number of esters is 1. The summed E-state index contributed by atoms with van der Waals surface area (Å²) in [5, 5.41) is 0.399. The van der Waals surface area contributed by atoms with E-state index in [0.717, 1.165) is 5.56 Å². The summed E-state index contributed by atoms with van der Waals surface area (Å²) in [6.45, 7) is 2.13. The molecule has 0 fully saturated rings. The van der Waals surface area contributed by atoms with Crippen LogP contribution >= 0.6 is 11.6 Å². The van der Waals surface area contributed by atoms with Gasteiger partial charge in [-0.15, -0.1) is 0 Å². The van der Waals surface area contributed by atoms with Crippen LogP contribution in [0.4, 0.5) is 0 Å². The van der Waals surface area contributed by atoms with Crippen molar-refractivity contribution in [2.45, 2.75) is 6.92 Å². The van der Waals surface area contributed by atoms with Crippen LogP contribution in [0.3, 0.4) is 0 Å². The van der Waals surface area contributed by atoms with E-state index < -0.39 is 0 Å². The lowest BCUT2D eigenvalue weighted by atomic mass is 10.2. The van der Waals surface area contributed by atoms with Crippen molar-refractivity contribution < 1.29 is 9.53 Å². The number of halogens is 1. The Hall–Kier alpha value is -1.35. The van der Waals surface area contributed by atoms with Gasteiger partial charge in [0.2, 0.25) is 0 Å². The van der Waals surface area contributed by atoms with Gasteiger partial charge >= 0.3 is 5.97 Å². The first-order valence-corrected chi connectivity index (χ1v) is 4.56. The zero-order valence-corrected chi connectivity index (χ0v) is 8.49. The maximum Gasteiger partial charge on any atom is 0.330 e. The number of pyridine rings is 1. The van der Waals surface area contributed by atoms with Crippen LogP contribution in [0.1, 0.15) is 12.5 Å². The van der Waals surface area contributed by atoms with Gasteiger partial charge in [0.15, 0.2) is 0 Å². The van der Waals surface area contributed by atoms with Crippen molar-refractivity contribution in [2.75, 3.05) is 6.61 Å². The second-order valence-electron chi connectivity index (χ2n) is 2.50. The first-order valence-electron chi connectivity index (χ1n) is 4.18. The van der Waals surface area contributed by atoms with Gasteiger partial charge in [-0.05, 0) is 30.7 Å². The Morgan fingerprint density at radius 1 is 1.71 bits per heavy atom. The zero-order chi connectivity index (χ0) is 10.4. The molecule has 0 aliphatic heterocycles. The minimum atomic E-state index is -0.361. The summed E-state index contributed by atoms with van der Waals surface area (Å²) in [5.74, 6) is -0.361. The van der Waals surface area contributed by atoms with E-state index in [1.54, 1.807) is 31.3 Å². The molecule has 0 saturated carbocycles. The highest BCUT2D eigenvalue weighted by molar-refractivity contribution is 6.29. The largest absolute Gasteiger partial charge is 0.463 e. The maximum atomic E-state index is 10.9. The van der Waals surface area contributed by atoms with Crippen LogP contribution in [0.5, 0.6) is 0 Å². The average Bonchev–Trinajstić information content (AvgIpc) is 2.15. The molecule has 0 radical (unpaired) electrons. The summed E-state index contributed by atoms with van der Waals surface area (Å²) in [6.07, 6.45) is 4.56. The van der Waals surface area contributed by atoms with Gasteiger partial charge in [-0.2, -0.15) is 0 Å². The molecule has 0 aliphatic carbocycles. The Morgan fingerprint density at radius 2 is 2.50 bits per heavy atom. The summed E-state index contributed by atoms with van der Waals surface area (Å²) >= 11 is 5.66. The summed E-state index contributed by atoms with van der Waals surface area (Å²) in [5.41, 5.74) is 0.818. The molecule has 0 bridgehead atoms. The number of aromatic nitrogens is 1. The topological polar surface area (TPSA) is 39.2 Å². The fraction of sp³-hybridized carbons (Fsp3) is 0.200. The van der Waals surface area contributed by atoms with Gasteiger partial charge in [0.25, 0.3) is 0 Å². The number of rotatable bonds is 3. The van der Waals surface area contributed by atoms with Gasteiger partial charge in [-0.3, -0.25) is 0 Å². The highest BCUT2D eigenvalue weighted by Gasteiger charge is 1.94. The SMILES string of the molecule is CCOC(=O)/C=C\c1ccnc(Cl)c1. The lowest BCUT2D eigenvalue weighted by molar-refractivity contribution is -0.137. The van der Waals surface area contributed by atoms with E-state index in [1.165, 1.54) is 6.08 Å². The van der Waals surface area contributed by atoms with Crippen LogP contribution in [0.25, 0.3) is 6.08 Å². The molecule has 4 heteroatoms. The smallest absolute Gasteiger partial charge is 0.330 e.